The third-order valence-electron chi connectivity index (χ3n) is 2.60. The van der Waals surface area contributed by atoms with Gasteiger partial charge in [0.05, 0.1) is 4.47 Å². The molecule has 0 aliphatic carbocycles. The van der Waals surface area contributed by atoms with Crippen LogP contribution in [-0.2, 0) is 0 Å². The van der Waals surface area contributed by atoms with Crippen molar-refractivity contribution < 1.29 is 4.42 Å². The van der Waals surface area contributed by atoms with Gasteiger partial charge in [-0.05, 0) is 52.6 Å². The first-order valence-electron chi connectivity index (χ1n) is 5.57. The van der Waals surface area contributed by atoms with Gasteiger partial charge in [0.25, 0.3) is 0 Å². The monoisotopic (exact) mass is 373 g/mol. The lowest BCUT2D eigenvalue weighted by atomic mass is 10.2. The van der Waals surface area contributed by atoms with Crippen LogP contribution in [0.15, 0.2) is 19.6 Å². The summed E-state index contributed by atoms with van der Waals surface area (Å²) >= 11 is 6.69. The third kappa shape index (κ3) is 2.59. The lowest BCUT2D eigenvalue weighted by Gasteiger charge is -2.09. The molecule has 6 heteroatoms. The van der Waals surface area contributed by atoms with Gasteiger partial charge in [-0.15, -0.1) is 0 Å². The second-order valence-electron chi connectivity index (χ2n) is 3.87. The molecule has 1 N–H and O–H groups in total. The van der Waals surface area contributed by atoms with Gasteiger partial charge in [-0.1, -0.05) is 0 Å². The van der Waals surface area contributed by atoms with Crippen LogP contribution in [0.5, 0.6) is 0 Å². The van der Waals surface area contributed by atoms with Crippen molar-refractivity contribution in [1.29, 1.82) is 0 Å². The maximum absolute atomic E-state index is 5.55. The summed E-state index contributed by atoms with van der Waals surface area (Å²) in [6.45, 7) is 6.83. The smallest absolute Gasteiger partial charge is 0.197 e. The highest BCUT2D eigenvalue weighted by molar-refractivity contribution is 9.13. The van der Waals surface area contributed by atoms with Gasteiger partial charge in [-0.25, -0.2) is 9.97 Å². The van der Waals surface area contributed by atoms with Crippen LogP contribution in [0.1, 0.15) is 18.2 Å². The summed E-state index contributed by atoms with van der Waals surface area (Å²) in [6, 6.07) is 1.85. The number of hydrogen-bond acceptors (Lipinski definition) is 4. The molecule has 0 aliphatic heterocycles. The zero-order chi connectivity index (χ0) is 13.3. The predicted molar refractivity (Wildman–Crippen MR) is 78.8 cm³/mol. The van der Waals surface area contributed by atoms with E-state index in [4.69, 9.17) is 4.42 Å². The Bertz CT molecular complexity index is 561. The molecule has 0 aromatic carbocycles. The summed E-state index contributed by atoms with van der Waals surface area (Å²) < 4.78 is 7.04. The molecule has 0 unspecified atom stereocenters. The topological polar surface area (TPSA) is 51.0 Å². The molecule has 2 aromatic heterocycles. The Balaban J connectivity index is 2.51. The number of nitrogens with zero attached hydrogens (tertiary/aromatic N) is 2. The number of hydrogen-bond donors (Lipinski definition) is 1. The zero-order valence-electron chi connectivity index (χ0n) is 10.3. The van der Waals surface area contributed by atoms with Crippen LogP contribution >= 0.6 is 31.9 Å². The molecule has 0 radical (unpaired) electrons. The fourth-order valence-corrected chi connectivity index (χ4v) is 2.11. The maximum Gasteiger partial charge on any atom is 0.197 e. The Morgan fingerprint density at radius 1 is 1.28 bits per heavy atom. The van der Waals surface area contributed by atoms with Gasteiger partial charge in [-0.3, -0.25) is 0 Å². The fourth-order valence-electron chi connectivity index (χ4n) is 1.54. The van der Waals surface area contributed by atoms with E-state index in [9.17, 15) is 0 Å². The van der Waals surface area contributed by atoms with Crippen molar-refractivity contribution in [3.8, 4) is 11.6 Å². The van der Waals surface area contributed by atoms with Crippen LogP contribution in [0.4, 0.5) is 5.82 Å². The minimum atomic E-state index is 0.584. The molecule has 4 nitrogen and oxygen atoms in total. The number of aryl methyl sites for hydroxylation is 1. The van der Waals surface area contributed by atoms with E-state index in [0.717, 1.165) is 28.1 Å². The molecule has 0 saturated carbocycles. The summed E-state index contributed by atoms with van der Waals surface area (Å²) in [4.78, 5) is 8.94. The second-order valence-corrected chi connectivity index (χ2v) is 5.44. The number of furan rings is 1. The van der Waals surface area contributed by atoms with Gasteiger partial charge in [0.1, 0.15) is 5.82 Å². The molecule has 0 aliphatic rings. The molecule has 0 atom stereocenters. The Morgan fingerprint density at radius 2 is 2.00 bits per heavy atom. The van der Waals surface area contributed by atoms with E-state index in [0.29, 0.717) is 16.3 Å². The molecule has 2 aromatic rings. The van der Waals surface area contributed by atoms with Gasteiger partial charge < -0.3 is 9.73 Å². The van der Waals surface area contributed by atoms with E-state index in [1.54, 1.807) is 0 Å². The lowest BCUT2D eigenvalue weighted by Crippen LogP contribution is -2.05. The van der Waals surface area contributed by atoms with E-state index in [1.165, 1.54) is 0 Å². The van der Waals surface area contributed by atoms with Crippen molar-refractivity contribution in [1.82, 2.24) is 9.97 Å². The minimum Gasteiger partial charge on any atom is -0.445 e. The van der Waals surface area contributed by atoms with Crippen LogP contribution in [0.25, 0.3) is 11.6 Å². The Kier molecular flexibility index (Phi) is 4.07. The highest BCUT2D eigenvalue weighted by Gasteiger charge is 2.14. The molecular formula is C12H13Br2N3O. The minimum absolute atomic E-state index is 0.584. The van der Waals surface area contributed by atoms with Gasteiger partial charge in [0.15, 0.2) is 16.3 Å². The van der Waals surface area contributed by atoms with Crippen molar-refractivity contribution in [3.63, 3.8) is 0 Å². The summed E-state index contributed by atoms with van der Waals surface area (Å²) in [6.07, 6.45) is 0. The number of halogens is 2. The highest BCUT2D eigenvalue weighted by Crippen LogP contribution is 2.32. The molecule has 2 rings (SSSR count). The number of rotatable bonds is 3. The first kappa shape index (κ1) is 13.5. The van der Waals surface area contributed by atoms with E-state index >= 15 is 0 Å². The summed E-state index contributed by atoms with van der Waals surface area (Å²) in [5.41, 5.74) is 2.00. The molecule has 0 fully saturated rings. The molecular weight excluding hydrogens is 362 g/mol. The van der Waals surface area contributed by atoms with Crippen molar-refractivity contribution in [2.75, 3.05) is 11.9 Å². The van der Waals surface area contributed by atoms with Crippen LogP contribution in [-0.4, -0.2) is 16.5 Å². The second kappa shape index (κ2) is 5.40. The predicted octanol–water partition coefficient (Wildman–Crippen LogP) is 4.31. The van der Waals surface area contributed by atoms with Crippen molar-refractivity contribution >= 4 is 37.7 Å². The van der Waals surface area contributed by atoms with Crippen molar-refractivity contribution in [2.45, 2.75) is 20.8 Å². The van der Waals surface area contributed by atoms with Crippen LogP contribution in [0.3, 0.4) is 0 Å². The normalized spacial score (nSPS) is 10.7. The van der Waals surface area contributed by atoms with Gasteiger partial charge in [0, 0.05) is 23.9 Å². The fraction of sp³-hybridized carbons (Fsp3) is 0.333. The summed E-state index contributed by atoms with van der Waals surface area (Å²) in [5, 5.41) is 3.23. The highest BCUT2D eigenvalue weighted by atomic mass is 79.9. The SMILES string of the molecule is CCNc1nc(-c2cc(Br)c(Br)o2)nc(C)c1C. The molecule has 2 heterocycles. The largest absolute Gasteiger partial charge is 0.445 e. The molecule has 18 heavy (non-hydrogen) atoms. The van der Waals surface area contributed by atoms with Gasteiger partial charge in [-0.2, -0.15) is 0 Å². The van der Waals surface area contributed by atoms with E-state index in [2.05, 4.69) is 47.1 Å². The molecule has 0 bridgehead atoms. The first-order valence-corrected chi connectivity index (χ1v) is 7.15. The summed E-state index contributed by atoms with van der Waals surface area (Å²) in [5.74, 6) is 2.07. The van der Waals surface area contributed by atoms with Gasteiger partial charge in [0.2, 0.25) is 0 Å². The Morgan fingerprint density at radius 3 is 2.56 bits per heavy atom. The number of nitrogens with one attached hydrogen (secondary N) is 1. The van der Waals surface area contributed by atoms with Gasteiger partial charge >= 0.3 is 0 Å². The van der Waals surface area contributed by atoms with Crippen molar-refractivity contribution in [2.24, 2.45) is 0 Å². The van der Waals surface area contributed by atoms with Crippen LogP contribution in [0, 0.1) is 13.8 Å². The maximum atomic E-state index is 5.55. The van der Waals surface area contributed by atoms with Crippen molar-refractivity contribution in [3.05, 3.63) is 26.5 Å². The average molecular weight is 375 g/mol. The van der Waals surface area contributed by atoms with E-state index in [1.807, 2.05) is 26.8 Å². The van der Waals surface area contributed by atoms with E-state index in [-0.39, 0.29) is 0 Å². The van der Waals surface area contributed by atoms with Crippen LogP contribution in [0.2, 0.25) is 0 Å². The first-order chi connectivity index (χ1) is 8.52. The number of anilines is 1. The standard InChI is InChI=1S/C12H13Br2N3O/c1-4-15-11-6(2)7(3)16-12(17-11)9-5-8(13)10(14)18-9/h5H,4H2,1-3H3,(H,15,16,17). The molecule has 0 spiro atoms. The Labute approximate surface area is 122 Å². The molecule has 0 amide bonds. The third-order valence-corrected chi connectivity index (χ3v) is 4.31. The zero-order valence-corrected chi connectivity index (χ0v) is 13.5. The quantitative estimate of drug-likeness (QED) is 0.869. The average Bonchev–Trinajstić information content (AvgIpc) is 2.65. The Hall–Kier alpha value is -0.880. The van der Waals surface area contributed by atoms with E-state index < -0.39 is 0 Å². The van der Waals surface area contributed by atoms with Crippen LogP contribution < -0.4 is 5.32 Å². The lowest BCUT2D eigenvalue weighted by molar-refractivity contribution is 0.549. The summed E-state index contributed by atoms with van der Waals surface area (Å²) in [7, 11) is 0. The molecule has 96 valence electrons. The molecule has 0 saturated heterocycles. The number of aromatic nitrogens is 2.